The normalized spacial score (nSPS) is 10.4. The van der Waals surface area contributed by atoms with Gasteiger partial charge in [-0.05, 0) is 0 Å². The van der Waals surface area contributed by atoms with Crippen LogP contribution in [0.4, 0.5) is 5.82 Å². The standard InChI is InChI=1S/C12H15N3O/c1-15-9-11(13-7-8-16)14-12(15)10-5-3-2-4-6-10/h2-6,9,13,16H,7-8H2,1H3. The van der Waals surface area contributed by atoms with Crippen LogP contribution in [0, 0.1) is 0 Å². The highest BCUT2D eigenvalue weighted by Gasteiger charge is 2.06. The lowest BCUT2D eigenvalue weighted by atomic mass is 10.2. The molecule has 0 aliphatic heterocycles. The molecule has 4 nitrogen and oxygen atoms in total. The fourth-order valence-electron chi connectivity index (χ4n) is 1.59. The summed E-state index contributed by atoms with van der Waals surface area (Å²) in [6.45, 7) is 0.627. The fourth-order valence-corrected chi connectivity index (χ4v) is 1.59. The average Bonchev–Trinajstić information content (AvgIpc) is 2.69. The molecule has 0 atom stereocenters. The van der Waals surface area contributed by atoms with E-state index in [1.54, 1.807) is 0 Å². The summed E-state index contributed by atoms with van der Waals surface area (Å²) in [4.78, 5) is 4.46. The third kappa shape index (κ3) is 2.23. The van der Waals surface area contributed by atoms with Crippen molar-refractivity contribution in [3.05, 3.63) is 36.5 Å². The van der Waals surface area contributed by atoms with E-state index in [0.29, 0.717) is 6.54 Å². The second-order valence-corrected chi connectivity index (χ2v) is 3.58. The molecule has 0 spiro atoms. The summed E-state index contributed by atoms with van der Waals surface area (Å²) in [7, 11) is 1.96. The first-order valence-electron chi connectivity index (χ1n) is 5.25. The minimum absolute atomic E-state index is 0.108. The zero-order chi connectivity index (χ0) is 11.4. The molecule has 0 saturated heterocycles. The smallest absolute Gasteiger partial charge is 0.144 e. The summed E-state index contributed by atoms with van der Waals surface area (Å²) in [5.74, 6) is 1.71. The lowest BCUT2D eigenvalue weighted by Gasteiger charge is -1.99. The van der Waals surface area contributed by atoms with Crippen molar-refractivity contribution in [3.63, 3.8) is 0 Å². The van der Waals surface area contributed by atoms with E-state index < -0.39 is 0 Å². The molecule has 1 heterocycles. The Bertz CT molecular complexity index is 451. The van der Waals surface area contributed by atoms with Gasteiger partial charge in [0.2, 0.25) is 0 Å². The minimum atomic E-state index is 0.108. The van der Waals surface area contributed by atoms with Crippen molar-refractivity contribution >= 4 is 5.82 Å². The molecule has 0 aliphatic rings. The zero-order valence-corrected chi connectivity index (χ0v) is 9.22. The van der Waals surface area contributed by atoms with Gasteiger partial charge in [0.15, 0.2) is 0 Å². The van der Waals surface area contributed by atoms with Gasteiger partial charge >= 0.3 is 0 Å². The van der Waals surface area contributed by atoms with Crippen molar-refractivity contribution in [3.8, 4) is 11.4 Å². The van der Waals surface area contributed by atoms with Gasteiger partial charge in [-0.1, -0.05) is 30.3 Å². The summed E-state index contributed by atoms with van der Waals surface area (Å²) >= 11 is 0. The average molecular weight is 217 g/mol. The van der Waals surface area contributed by atoms with Gasteiger partial charge in [0, 0.05) is 25.4 Å². The van der Waals surface area contributed by atoms with Crippen LogP contribution in [0.3, 0.4) is 0 Å². The molecule has 0 amide bonds. The van der Waals surface area contributed by atoms with Crippen molar-refractivity contribution in [2.24, 2.45) is 7.05 Å². The molecule has 1 aromatic carbocycles. The second kappa shape index (κ2) is 4.81. The second-order valence-electron chi connectivity index (χ2n) is 3.58. The van der Waals surface area contributed by atoms with Crippen LogP contribution < -0.4 is 5.32 Å². The van der Waals surface area contributed by atoms with Crippen LogP contribution in [0.15, 0.2) is 36.5 Å². The van der Waals surface area contributed by atoms with Gasteiger partial charge in [-0.3, -0.25) is 0 Å². The molecule has 0 saturated carbocycles. The van der Waals surface area contributed by atoms with Crippen molar-refractivity contribution in [1.29, 1.82) is 0 Å². The van der Waals surface area contributed by atoms with E-state index >= 15 is 0 Å². The highest BCUT2D eigenvalue weighted by atomic mass is 16.3. The van der Waals surface area contributed by atoms with Crippen LogP contribution in [-0.2, 0) is 7.05 Å². The SMILES string of the molecule is Cn1cc(NCCO)nc1-c1ccccc1. The van der Waals surface area contributed by atoms with Gasteiger partial charge < -0.3 is 15.0 Å². The van der Waals surface area contributed by atoms with Gasteiger partial charge in [0.25, 0.3) is 0 Å². The predicted octanol–water partition coefficient (Wildman–Crippen LogP) is 1.49. The molecule has 0 fully saturated rings. The Morgan fingerprint density at radius 1 is 1.31 bits per heavy atom. The maximum absolute atomic E-state index is 8.72. The maximum Gasteiger partial charge on any atom is 0.144 e. The van der Waals surface area contributed by atoms with E-state index in [2.05, 4.69) is 10.3 Å². The molecule has 0 unspecified atom stereocenters. The van der Waals surface area contributed by atoms with Crippen LogP contribution in [0.1, 0.15) is 0 Å². The number of anilines is 1. The molecule has 84 valence electrons. The van der Waals surface area contributed by atoms with Gasteiger partial charge in [0.1, 0.15) is 11.6 Å². The number of aliphatic hydroxyl groups is 1. The molecule has 4 heteroatoms. The highest BCUT2D eigenvalue weighted by Crippen LogP contribution is 2.19. The van der Waals surface area contributed by atoms with Crippen LogP contribution >= 0.6 is 0 Å². The largest absolute Gasteiger partial charge is 0.395 e. The van der Waals surface area contributed by atoms with Crippen LogP contribution in [-0.4, -0.2) is 27.8 Å². The van der Waals surface area contributed by atoms with E-state index in [1.165, 1.54) is 0 Å². The number of hydrogen-bond donors (Lipinski definition) is 2. The van der Waals surface area contributed by atoms with Crippen LogP contribution in [0.2, 0.25) is 0 Å². The number of aliphatic hydroxyl groups excluding tert-OH is 1. The van der Waals surface area contributed by atoms with E-state index in [-0.39, 0.29) is 6.61 Å². The Balaban J connectivity index is 2.25. The van der Waals surface area contributed by atoms with Gasteiger partial charge in [0.05, 0.1) is 6.61 Å². The van der Waals surface area contributed by atoms with Crippen molar-refractivity contribution in [2.45, 2.75) is 0 Å². The molecule has 1 aromatic heterocycles. The summed E-state index contributed by atoms with van der Waals surface area (Å²) < 4.78 is 1.97. The Kier molecular flexibility index (Phi) is 3.22. The Labute approximate surface area is 94.6 Å². The number of imidazole rings is 1. The molecule has 2 aromatic rings. The van der Waals surface area contributed by atoms with E-state index in [0.717, 1.165) is 17.2 Å². The highest BCUT2D eigenvalue weighted by molar-refractivity contribution is 5.58. The Hall–Kier alpha value is -1.81. The molecule has 0 aliphatic carbocycles. The maximum atomic E-state index is 8.72. The molecular formula is C12H15N3O. The number of nitrogens with zero attached hydrogens (tertiary/aromatic N) is 2. The number of aromatic nitrogens is 2. The summed E-state index contributed by atoms with van der Waals surface area (Å²) in [5, 5.41) is 11.8. The van der Waals surface area contributed by atoms with E-state index in [1.807, 2.05) is 48.1 Å². The molecule has 2 N–H and O–H groups in total. The quantitative estimate of drug-likeness (QED) is 0.815. The van der Waals surface area contributed by atoms with Crippen molar-refractivity contribution < 1.29 is 5.11 Å². The zero-order valence-electron chi connectivity index (χ0n) is 9.22. The molecule has 0 radical (unpaired) electrons. The first-order chi connectivity index (χ1) is 7.81. The topological polar surface area (TPSA) is 50.1 Å². The van der Waals surface area contributed by atoms with Gasteiger partial charge in [-0.15, -0.1) is 0 Å². The summed E-state index contributed by atoms with van der Waals surface area (Å²) in [6.07, 6.45) is 1.91. The number of benzene rings is 1. The van der Waals surface area contributed by atoms with Crippen LogP contribution in [0.25, 0.3) is 11.4 Å². The number of aryl methyl sites for hydroxylation is 1. The molecule has 2 rings (SSSR count). The van der Waals surface area contributed by atoms with Gasteiger partial charge in [-0.25, -0.2) is 4.98 Å². The molecule has 16 heavy (non-hydrogen) atoms. The number of rotatable bonds is 4. The number of hydrogen-bond acceptors (Lipinski definition) is 3. The predicted molar refractivity (Wildman–Crippen MR) is 64.2 cm³/mol. The van der Waals surface area contributed by atoms with Crippen molar-refractivity contribution in [2.75, 3.05) is 18.5 Å². The van der Waals surface area contributed by atoms with E-state index in [4.69, 9.17) is 5.11 Å². The Morgan fingerprint density at radius 2 is 2.06 bits per heavy atom. The minimum Gasteiger partial charge on any atom is -0.395 e. The lowest BCUT2D eigenvalue weighted by molar-refractivity contribution is 0.311. The first-order valence-corrected chi connectivity index (χ1v) is 5.25. The van der Waals surface area contributed by atoms with Crippen LogP contribution in [0.5, 0.6) is 0 Å². The third-order valence-electron chi connectivity index (χ3n) is 2.33. The third-order valence-corrected chi connectivity index (χ3v) is 2.33. The monoisotopic (exact) mass is 217 g/mol. The van der Waals surface area contributed by atoms with Gasteiger partial charge in [-0.2, -0.15) is 0 Å². The first kappa shape index (κ1) is 10.7. The van der Waals surface area contributed by atoms with E-state index in [9.17, 15) is 0 Å². The molecular weight excluding hydrogens is 202 g/mol. The Morgan fingerprint density at radius 3 is 2.75 bits per heavy atom. The summed E-state index contributed by atoms with van der Waals surface area (Å²) in [6, 6.07) is 10.0. The summed E-state index contributed by atoms with van der Waals surface area (Å²) in [5.41, 5.74) is 1.09. The lowest BCUT2D eigenvalue weighted by Crippen LogP contribution is -2.05. The number of nitrogens with one attached hydrogen (secondary N) is 1. The molecule has 0 bridgehead atoms. The fraction of sp³-hybridized carbons (Fsp3) is 0.250. The van der Waals surface area contributed by atoms with Crippen molar-refractivity contribution in [1.82, 2.24) is 9.55 Å².